The Bertz CT molecular complexity index is 504. The standard InChI is InChI=1S/C16H21NOS/c1-12(5-4-10-18-3)14-6-8-15(9-7-14)16-13(2)17-11-19-16/h6-9,11-12H,4-5,10H2,1-3H3/t12-/m1/s1. The number of rotatable bonds is 6. The van der Waals surface area contributed by atoms with Crippen LogP contribution in [-0.4, -0.2) is 18.7 Å². The minimum atomic E-state index is 0.590. The summed E-state index contributed by atoms with van der Waals surface area (Å²) in [5.74, 6) is 0.590. The van der Waals surface area contributed by atoms with E-state index in [-0.39, 0.29) is 0 Å². The molecule has 3 heteroatoms. The summed E-state index contributed by atoms with van der Waals surface area (Å²) in [6.45, 7) is 5.19. The minimum absolute atomic E-state index is 0.590. The van der Waals surface area contributed by atoms with E-state index >= 15 is 0 Å². The molecule has 1 atom stereocenters. The molecule has 0 aliphatic carbocycles. The zero-order chi connectivity index (χ0) is 13.7. The third-order valence-corrected chi connectivity index (χ3v) is 4.45. The zero-order valence-corrected chi connectivity index (χ0v) is 12.7. The smallest absolute Gasteiger partial charge is 0.0801 e. The van der Waals surface area contributed by atoms with Crippen molar-refractivity contribution < 1.29 is 4.74 Å². The fraction of sp³-hybridized carbons (Fsp3) is 0.438. The molecule has 0 aliphatic rings. The average molecular weight is 275 g/mol. The number of benzene rings is 1. The fourth-order valence-electron chi connectivity index (χ4n) is 2.24. The summed E-state index contributed by atoms with van der Waals surface area (Å²) in [7, 11) is 1.76. The van der Waals surface area contributed by atoms with Gasteiger partial charge in [0, 0.05) is 13.7 Å². The van der Waals surface area contributed by atoms with Crippen LogP contribution in [-0.2, 0) is 4.74 Å². The molecule has 0 spiro atoms. The van der Waals surface area contributed by atoms with Gasteiger partial charge in [0.15, 0.2) is 0 Å². The van der Waals surface area contributed by atoms with Crippen LogP contribution in [0.2, 0.25) is 0 Å². The van der Waals surface area contributed by atoms with Gasteiger partial charge in [0.1, 0.15) is 0 Å². The van der Waals surface area contributed by atoms with Crippen LogP contribution in [0.15, 0.2) is 29.8 Å². The van der Waals surface area contributed by atoms with Crippen LogP contribution in [0.25, 0.3) is 10.4 Å². The third-order valence-electron chi connectivity index (χ3n) is 3.47. The number of hydrogen-bond acceptors (Lipinski definition) is 3. The van der Waals surface area contributed by atoms with Crippen molar-refractivity contribution in [3.05, 3.63) is 41.0 Å². The summed E-state index contributed by atoms with van der Waals surface area (Å²) in [6.07, 6.45) is 2.29. The normalized spacial score (nSPS) is 12.6. The maximum absolute atomic E-state index is 5.10. The second-order valence-electron chi connectivity index (χ2n) is 4.92. The number of thiazole rings is 1. The zero-order valence-electron chi connectivity index (χ0n) is 11.8. The van der Waals surface area contributed by atoms with E-state index in [4.69, 9.17) is 4.74 Å². The molecule has 0 fully saturated rings. The Balaban J connectivity index is 2.04. The van der Waals surface area contributed by atoms with Gasteiger partial charge in [0.2, 0.25) is 0 Å². The van der Waals surface area contributed by atoms with Crippen LogP contribution in [0.3, 0.4) is 0 Å². The van der Waals surface area contributed by atoms with E-state index < -0.39 is 0 Å². The summed E-state index contributed by atoms with van der Waals surface area (Å²) >= 11 is 1.71. The highest BCUT2D eigenvalue weighted by Gasteiger charge is 2.08. The van der Waals surface area contributed by atoms with Gasteiger partial charge >= 0.3 is 0 Å². The van der Waals surface area contributed by atoms with Crippen molar-refractivity contribution in [1.29, 1.82) is 0 Å². The summed E-state index contributed by atoms with van der Waals surface area (Å²) in [5.41, 5.74) is 5.70. The Hall–Kier alpha value is -1.19. The second-order valence-corrected chi connectivity index (χ2v) is 5.78. The van der Waals surface area contributed by atoms with Crippen molar-refractivity contribution >= 4 is 11.3 Å². The predicted octanol–water partition coefficient (Wildman–Crippen LogP) is 4.65. The molecule has 0 amide bonds. The van der Waals surface area contributed by atoms with Gasteiger partial charge in [0.25, 0.3) is 0 Å². The van der Waals surface area contributed by atoms with Gasteiger partial charge in [-0.1, -0.05) is 31.2 Å². The monoisotopic (exact) mass is 275 g/mol. The molecule has 19 heavy (non-hydrogen) atoms. The van der Waals surface area contributed by atoms with E-state index in [1.807, 2.05) is 5.51 Å². The van der Waals surface area contributed by atoms with Crippen molar-refractivity contribution in [3.8, 4) is 10.4 Å². The molecular formula is C16H21NOS. The highest BCUT2D eigenvalue weighted by Crippen LogP contribution is 2.29. The lowest BCUT2D eigenvalue weighted by Gasteiger charge is -2.12. The number of ether oxygens (including phenoxy) is 1. The molecule has 0 radical (unpaired) electrons. The quantitative estimate of drug-likeness (QED) is 0.716. The Morgan fingerprint density at radius 2 is 2.00 bits per heavy atom. The molecule has 0 saturated heterocycles. The lowest BCUT2D eigenvalue weighted by molar-refractivity contribution is 0.191. The van der Waals surface area contributed by atoms with Crippen molar-refractivity contribution in [2.45, 2.75) is 32.6 Å². The Labute approximate surface area is 119 Å². The molecule has 0 aliphatic heterocycles. The maximum atomic E-state index is 5.10. The third kappa shape index (κ3) is 3.64. The lowest BCUT2D eigenvalue weighted by atomic mass is 9.95. The van der Waals surface area contributed by atoms with E-state index in [1.165, 1.54) is 22.4 Å². The number of aromatic nitrogens is 1. The van der Waals surface area contributed by atoms with Gasteiger partial charge in [-0.2, -0.15) is 0 Å². The van der Waals surface area contributed by atoms with Gasteiger partial charge in [-0.25, -0.2) is 4.98 Å². The first-order valence-corrected chi connectivity index (χ1v) is 7.59. The molecular weight excluding hydrogens is 254 g/mol. The molecule has 0 unspecified atom stereocenters. The van der Waals surface area contributed by atoms with E-state index in [9.17, 15) is 0 Å². The Morgan fingerprint density at radius 3 is 2.58 bits per heavy atom. The lowest BCUT2D eigenvalue weighted by Crippen LogP contribution is -1.96. The van der Waals surface area contributed by atoms with Crippen LogP contribution in [0.5, 0.6) is 0 Å². The minimum Gasteiger partial charge on any atom is -0.385 e. The fourth-order valence-corrected chi connectivity index (χ4v) is 3.05. The average Bonchev–Trinajstić information content (AvgIpc) is 2.85. The molecule has 1 aromatic carbocycles. The van der Waals surface area contributed by atoms with E-state index in [0.29, 0.717) is 5.92 Å². The van der Waals surface area contributed by atoms with Crippen molar-refractivity contribution in [3.63, 3.8) is 0 Å². The van der Waals surface area contributed by atoms with Crippen LogP contribution < -0.4 is 0 Å². The molecule has 0 saturated carbocycles. The first-order valence-electron chi connectivity index (χ1n) is 6.71. The van der Waals surface area contributed by atoms with Crippen molar-refractivity contribution in [1.82, 2.24) is 4.98 Å². The Morgan fingerprint density at radius 1 is 1.26 bits per heavy atom. The first-order chi connectivity index (χ1) is 9.22. The van der Waals surface area contributed by atoms with E-state index in [0.717, 1.165) is 18.7 Å². The summed E-state index contributed by atoms with van der Waals surface area (Å²) in [6, 6.07) is 8.91. The van der Waals surface area contributed by atoms with Crippen LogP contribution in [0.1, 0.15) is 36.9 Å². The second kappa shape index (κ2) is 6.83. The van der Waals surface area contributed by atoms with Crippen molar-refractivity contribution in [2.24, 2.45) is 0 Å². The molecule has 0 N–H and O–H groups in total. The SMILES string of the molecule is COCCC[C@@H](C)c1ccc(-c2scnc2C)cc1. The highest BCUT2D eigenvalue weighted by molar-refractivity contribution is 7.13. The van der Waals surface area contributed by atoms with Gasteiger partial charge < -0.3 is 4.74 Å². The molecule has 0 bridgehead atoms. The molecule has 2 aromatic rings. The first kappa shape index (κ1) is 14.2. The van der Waals surface area contributed by atoms with E-state index in [2.05, 4.69) is 43.1 Å². The number of hydrogen-bond donors (Lipinski definition) is 0. The van der Waals surface area contributed by atoms with Crippen LogP contribution in [0.4, 0.5) is 0 Å². The van der Waals surface area contributed by atoms with Crippen LogP contribution in [0, 0.1) is 6.92 Å². The van der Waals surface area contributed by atoms with Gasteiger partial charge in [-0.3, -0.25) is 0 Å². The van der Waals surface area contributed by atoms with Gasteiger partial charge in [-0.05, 0) is 36.8 Å². The number of aryl methyl sites for hydroxylation is 1. The summed E-state index contributed by atoms with van der Waals surface area (Å²) in [4.78, 5) is 5.58. The molecule has 2 rings (SSSR count). The molecule has 1 aromatic heterocycles. The largest absolute Gasteiger partial charge is 0.385 e. The topological polar surface area (TPSA) is 22.1 Å². The molecule has 2 nitrogen and oxygen atoms in total. The Kier molecular flexibility index (Phi) is 5.11. The summed E-state index contributed by atoms with van der Waals surface area (Å²) in [5, 5.41) is 0. The van der Waals surface area contributed by atoms with Gasteiger partial charge in [-0.15, -0.1) is 11.3 Å². The van der Waals surface area contributed by atoms with Gasteiger partial charge in [0.05, 0.1) is 16.1 Å². The maximum Gasteiger partial charge on any atom is 0.0801 e. The van der Waals surface area contributed by atoms with Crippen LogP contribution >= 0.6 is 11.3 Å². The molecule has 1 heterocycles. The number of nitrogens with zero attached hydrogens (tertiary/aromatic N) is 1. The predicted molar refractivity (Wildman–Crippen MR) is 81.8 cm³/mol. The molecule has 102 valence electrons. The highest BCUT2D eigenvalue weighted by atomic mass is 32.1. The van der Waals surface area contributed by atoms with E-state index in [1.54, 1.807) is 18.4 Å². The number of methoxy groups -OCH3 is 1. The summed E-state index contributed by atoms with van der Waals surface area (Å²) < 4.78 is 5.10. The van der Waals surface area contributed by atoms with Crippen molar-refractivity contribution in [2.75, 3.05) is 13.7 Å².